The maximum atomic E-state index is 10.5. The van der Waals surface area contributed by atoms with Crippen LogP contribution in [0.4, 0.5) is 0 Å². The van der Waals surface area contributed by atoms with Crippen LogP contribution in [-0.2, 0) is 4.79 Å². The topological polar surface area (TPSA) is 58.4 Å². The van der Waals surface area contributed by atoms with E-state index in [0.717, 1.165) is 13.1 Å². The third kappa shape index (κ3) is 4.24. The summed E-state index contributed by atoms with van der Waals surface area (Å²) in [5, 5.41) is 3.07. The molecule has 76 valence electrons. The minimum Gasteiger partial charge on any atom is -0.369 e. The van der Waals surface area contributed by atoms with Crippen molar-refractivity contribution < 1.29 is 4.79 Å². The van der Waals surface area contributed by atoms with Crippen LogP contribution in [0.3, 0.4) is 0 Å². The number of piperidine rings is 1. The standard InChI is InChI=1S/C9H19N3O/c1-12-4-2-3-8(7-12)5-11-6-9(10)13/h8,11H,2-7H2,1H3,(H2,10,13). The molecular weight excluding hydrogens is 166 g/mol. The van der Waals surface area contributed by atoms with Crippen LogP contribution in [0, 0.1) is 5.92 Å². The van der Waals surface area contributed by atoms with Gasteiger partial charge in [-0.2, -0.15) is 0 Å². The summed E-state index contributed by atoms with van der Waals surface area (Å²) in [4.78, 5) is 12.8. The Hall–Kier alpha value is -0.610. The molecule has 13 heavy (non-hydrogen) atoms. The molecule has 4 heteroatoms. The van der Waals surface area contributed by atoms with Crippen molar-refractivity contribution in [3.8, 4) is 0 Å². The maximum Gasteiger partial charge on any atom is 0.231 e. The van der Waals surface area contributed by atoms with Crippen LogP contribution in [-0.4, -0.2) is 44.0 Å². The molecule has 0 radical (unpaired) electrons. The summed E-state index contributed by atoms with van der Waals surface area (Å²) in [5.41, 5.74) is 5.02. The SMILES string of the molecule is CN1CCCC(CNCC(N)=O)C1. The summed E-state index contributed by atoms with van der Waals surface area (Å²) < 4.78 is 0. The summed E-state index contributed by atoms with van der Waals surface area (Å²) >= 11 is 0. The van der Waals surface area contributed by atoms with Gasteiger partial charge in [0.1, 0.15) is 0 Å². The molecule has 4 nitrogen and oxygen atoms in total. The Morgan fingerprint density at radius 1 is 1.69 bits per heavy atom. The van der Waals surface area contributed by atoms with Gasteiger partial charge in [0.2, 0.25) is 5.91 Å². The number of amides is 1. The number of nitrogens with one attached hydrogen (secondary N) is 1. The van der Waals surface area contributed by atoms with Crippen LogP contribution in [0.5, 0.6) is 0 Å². The highest BCUT2D eigenvalue weighted by atomic mass is 16.1. The molecule has 0 aromatic heterocycles. The first-order valence-electron chi connectivity index (χ1n) is 4.86. The monoisotopic (exact) mass is 185 g/mol. The highest BCUT2D eigenvalue weighted by Gasteiger charge is 2.16. The van der Waals surface area contributed by atoms with Crippen LogP contribution in [0.1, 0.15) is 12.8 Å². The summed E-state index contributed by atoms with van der Waals surface area (Å²) in [6.07, 6.45) is 2.52. The van der Waals surface area contributed by atoms with Gasteiger partial charge < -0.3 is 16.0 Å². The number of carbonyl (C=O) groups is 1. The molecule has 1 fully saturated rings. The number of hydrogen-bond donors (Lipinski definition) is 2. The average molecular weight is 185 g/mol. The fourth-order valence-corrected chi connectivity index (χ4v) is 1.84. The van der Waals surface area contributed by atoms with Crippen LogP contribution < -0.4 is 11.1 Å². The van der Waals surface area contributed by atoms with Gasteiger partial charge in [-0.15, -0.1) is 0 Å². The number of carbonyl (C=O) groups excluding carboxylic acids is 1. The predicted octanol–water partition coefficient (Wildman–Crippen LogP) is -0.597. The molecule has 1 saturated heterocycles. The number of hydrogen-bond acceptors (Lipinski definition) is 3. The molecule has 1 aliphatic heterocycles. The Kier molecular flexibility index (Phi) is 4.18. The molecule has 1 rings (SSSR count). The van der Waals surface area contributed by atoms with Gasteiger partial charge in [-0.25, -0.2) is 0 Å². The number of nitrogens with two attached hydrogens (primary N) is 1. The van der Waals surface area contributed by atoms with E-state index in [9.17, 15) is 4.79 Å². The maximum absolute atomic E-state index is 10.5. The van der Waals surface area contributed by atoms with E-state index >= 15 is 0 Å². The molecule has 1 aliphatic rings. The molecule has 1 unspecified atom stereocenters. The van der Waals surface area contributed by atoms with Crippen molar-refractivity contribution in [3.05, 3.63) is 0 Å². The van der Waals surface area contributed by atoms with Gasteiger partial charge in [0.15, 0.2) is 0 Å². The molecule has 0 aromatic rings. The highest BCUT2D eigenvalue weighted by molar-refractivity contribution is 5.75. The lowest BCUT2D eigenvalue weighted by molar-refractivity contribution is -0.117. The van der Waals surface area contributed by atoms with Gasteiger partial charge in [-0.3, -0.25) is 4.79 Å². The first kappa shape index (κ1) is 10.5. The van der Waals surface area contributed by atoms with E-state index in [2.05, 4.69) is 17.3 Å². The molecule has 0 spiro atoms. The molecule has 0 saturated carbocycles. The normalized spacial score (nSPS) is 24.5. The zero-order valence-corrected chi connectivity index (χ0v) is 8.25. The minimum atomic E-state index is -0.274. The summed E-state index contributed by atoms with van der Waals surface area (Å²) in [6.45, 7) is 3.55. The summed E-state index contributed by atoms with van der Waals surface area (Å²) in [5.74, 6) is 0.405. The van der Waals surface area contributed by atoms with E-state index < -0.39 is 0 Å². The van der Waals surface area contributed by atoms with E-state index in [0.29, 0.717) is 12.5 Å². The Balaban J connectivity index is 2.10. The third-order valence-corrected chi connectivity index (χ3v) is 2.45. The first-order valence-corrected chi connectivity index (χ1v) is 4.86. The molecule has 0 aliphatic carbocycles. The lowest BCUT2D eigenvalue weighted by atomic mass is 9.98. The molecule has 1 atom stereocenters. The quantitative estimate of drug-likeness (QED) is 0.615. The second-order valence-electron chi connectivity index (χ2n) is 3.87. The summed E-state index contributed by atoms with van der Waals surface area (Å²) in [6, 6.07) is 0. The Bertz CT molecular complexity index is 172. The minimum absolute atomic E-state index is 0.274. The largest absolute Gasteiger partial charge is 0.369 e. The molecule has 0 bridgehead atoms. The summed E-state index contributed by atoms with van der Waals surface area (Å²) in [7, 11) is 2.14. The molecular formula is C9H19N3O. The molecule has 1 amide bonds. The van der Waals surface area contributed by atoms with Gasteiger partial charge in [0.25, 0.3) is 0 Å². The van der Waals surface area contributed by atoms with Crippen molar-refractivity contribution in [1.29, 1.82) is 0 Å². The number of nitrogens with zero attached hydrogens (tertiary/aromatic N) is 1. The van der Waals surface area contributed by atoms with Crippen LogP contribution in [0.15, 0.2) is 0 Å². The lowest BCUT2D eigenvalue weighted by Crippen LogP contribution is -2.39. The zero-order valence-electron chi connectivity index (χ0n) is 8.25. The lowest BCUT2D eigenvalue weighted by Gasteiger charge is -2.29. The second kappa shape index (κ2) is 5.19. The van der Waals surface area contributed by atoms with E-state index in [-0.39, 0.29) is 5.91 Å². The average Bonchev–Trinajstić information content (AvgIpc) is 2.03. The van der Waals surface area contributed by atoms with Gasteiger partial charge >= 0.3 is 0 Å². The van der Waals surface area contributed by atoms with E-state index in [1.807, 2.05) is 0 Å². The second-order valence-corrected chi connectivity index (χ2v) is 3.87. The van der Waals surface area contributed by atoms with Gasteiger partial charge in [-0.1, -0.05) is 0 Å². The molecule has 1 heterocycles. The van der Waals surface area contributed by atoms with Gasteiger partial charge in [-0.05, 0) is 38.9 Å². The van der Waals surface area contributed by atoms with Crippen molar-refractivity contribution >= 4 is 5.91 Å². The fraction of sp³-hybridized carbons (Fsp3) is 0.889. The predicted molar refractivity (Wildman–Crippen MR) is 52.3 cm³/mol. The van der Waals surface area contributed by atoms with Crippen molar-refractivity contribution in [2.45, 2.75) is 12.8 Å². The smallest absolute Gasteiger partial charge is 0.231 e. The number of primary amides is 1. The number of likely N-dealkylation sites (tertiary alicyclic amines) is 1. The molecule has 0 aromatic carbocycles. The van der Waals surface area contributed by atoms with Crippen molar-refractivity contribution in [1.82, 2.24) is 10.2 Å². The fourth-order valence-electron chi connectivity index (χ4n) is 1.84. The van der Waals surface area contributed by atoms with Gasteiger partial charge in [0, 0.05) is 6.54 Å². The van der Waals surface area contributed by atoms with Crippen molar-refractivity contribution in [2.24, 2.45) is 11.7 Å². The van der Waals surface area contributed by atoms with E-state index in [1.54, 1.807) is 0 Å². The van der Waals surface area contributed by atoms with Crippen molar-refractivity contribution in [2.75, 3.05) is 33.2 Å². The Labute approximate surface area is 79.5 Å². The van der Waals surface area contributed by atoms with Crippen LogP contribution in [0.25, 0.3) is 0 Å². The Morgan fingerprint density at radius 3 is 3.08 bits per heavy atom. The third-order valence-electron chi connectivity index (χ3n) is 2.45. The number of rotatable bonds is 4. The first-order chi connectivity index (χ1) is 6.18. The van der Waals surface area contributed by atoms with E-state index in [4.69, 9.17) is 5.73 Å². The Morgan fingerprint density at radius 2 is 2.46 bits per heavy atom. The molecule has 3 N–H and O–H groups in total. The zero-order chi connectivity index (χ0) is 9.68. The van der Waals surface area contributed by atoms with Crippen molar-refractivity contribution in [3.63, 3.8) is 0 Å². The highest BCUT2D eigenvalue weighted by Crippen LogP contribution is 2.13. The van der Waals surface area contributed by atoms with Gasteiger partial charge in [0.05, 0.1) is 6.54 Å². The van der Waals surface area contributed by atoms with E-state index in [1.165, 1.54) is 19.4 Å². The van der Waals surface area contributed by atoms with Crippen LogP contribution in [0.2, 0.25) is 0 Å². The van der Waals surface area contributed by atoms with Crippen LogP contribution >= 0.6 is 0 Å².